The fourth-order valence-electron chi connectivity index (χ4n) is 4.13. The lowest BCUT2D eigenvalue weighted by Gasteiger charge is -2.37. The van der Waals surface area contributed by atoms with E-state index in [0.29, 0.717) is 6.47 Å². The van der Waals surface area contributed by atoms with Gasteiger partial charge in [-0.3, -0.25) is 4.79 Å². The van der Waals surface area contributed by atoms with Crippen LogP contribution in [0.15, 0.2) is 0 Å². The van der Waals surface area contributed by atoms with Crippen LogP contribution in [0.5, 0.6) is 0 Å². The molecule has 0 amide bonds. The van der Waals surface area contributed by atoms with Crippen LogP contribution in [0.25, 0.3) is 0 Å². The minimum atomic E-state index is 0.218. The molecule has 0 radical (unpaired) electrons. The molecule has 2 aliphatic rings. The molecule has 2 fully saturated rings. The molecule has 2 heteroatoms. The average Bonchev–Trinajstić information content (AvgIpc) is 2.41. The first-order chi connectivity index (χ1) is 8.83. The summed E-state index contributed by atoms with van der Waals surface area (Å²) in [4.78, 5) is 10.3. The van der Waals surface area contributed by atoms with Crippen LogP contribution >= 0.6 is 0 Å². The molecule has 2 nitrogen and oxygen atoms in total. The average molecular weight is 252 g/mol. The molecule has 0 aromatic heterocycles. The summed E-state index contributed by atoms with van der Waals surface area (Å²) < 4.78 is 5.09. The van der Waals surface area contributed by atoms with E-state index in [-0.39, 0.29) is 6.10 Å². The van der Waals surface area contributed by atoms with Gasteiger partial charge in [-0.1, -0.05) is 32.6 Å². The van der Waals surface area contributed by atoms with Crippen LogP contribution in [-0.2, 0) is 9.53 Å². The second-order valence-corrected chi connectivity index (χ2v) is 6.34. The third kappa shape index (κ3) is 3.73. The largest absolute Gasteiger partial charge is 0.465 e. The molecule has 0 heterocycles. The Morgan fingerprint density at radius 2 is 1.50 bits per heavy atom. The van der Waals surface area contributed by atoms with Crippen molar-refractivity contribution in [2.45, 2.75) is 77.2 Å². The molecule has 2 rings (SSSR count). The van der Waals surface area contributed by atoms with Gasteiger partial charge in [-0.25, -0.2) is 0 Å². The van der Waals surface area contributed by atoms with Crippen molar-refractivity contribution in [3.8, 4) is 0 Å². The number of hydrogen-bond acceptors (Lipinski definition) is 2. The van der Waals surface area contributed by atoms with E-state index in [2.05, 4.69) is 6.92 Å². The van der Waals surface area contributed by atoms with E-state index in [1.807, 2.05) is 0 Å². The Balaban J connectivity index is 1.69. The maximum Gasteiger partial charge on any atom is 0.293 e. The summed E-state index contributed by atoms with van der Waals surface area (Å²) in [7, 11) is 0. The highest BCUT2D eigenvalue weighted by Crippen LogP contribution is 2.41. The summed E-state index contributed by atoms with van der Waals surface area (Å²) in [5.41, 5.74) is 0. The van der Waals surface area contributed by atoms with Gasteiger partial charge in [0.05, 0.1) is 0 Å². The van der Waals surface area contributed by atoms with Crippen LogP contribution in [0.4, 0.5) is 0 Å². The Kier molecular flexibility index (Phi) is 5.52. The lowest BCUT2D eigenvalue weighted by molar-refractivity contribution is -0.135. The molecule has 0 atom stereocenters. The lowest BCUT2D eigenvalue weighted by atomic mass is 9.70. The van der Waals surface area contributed by atoms with Gasteiger partial charge in [0, 0.05) is 0 Å². The van der Waals surface area contributed by atoms with Crippen molar-refractivity contribution in [2.75, 3.05) is 0 Å². The van der Waals surface area contributed by atoms with Gasteiger partial charge in [0.2, 0.25) is 0 Å². The molecular formula is C16H28O2. The number of rotatable bonds is 5. The predicted molar refractivity (Wildman–Crippen MR) is 73.3 cm³/mol. The molecule has 0 unspecified atom stereocenters. The standard InChI is InChI=1S/C16H28O2/c1-2-3-13-4-6-14(7-5-13)15-8-10-16(11-9-15)18-12-17/h12-16H,2-11H2,1H3. The van der Waals surface area contributed by atoms with Crippen LogP contribution in [-0.4, -0.2) is 12.6 Å². The van der Waals surface area contributed by atoms with Crippen molar-refractivity contribution < 1.29 is 9.53 Å². The maximum atomic E-state index is 10.3. The van der Waals surface area contributed by atoms with E-state index in [4.69, 9.17) is 4.74 Å². The van der Waals surface area contributed by atoms with Crippen molar-refractivity contribution in [3.63, 3.8) is 0 Å². The normalized spacial score (nSPS) is 37.2. The van der Waals surface area contributed by atoms with E-state index >= 15 is 0 Å². The van der Waals surface area contributed by atoms with Crippen LogP contribution < -0.4 is 0 Å². The van der Waals surface area contributed by atoms with Gasteiger partial charge in [-0.2, -0.15) is 0 Å². The molecule has 0 bridgehead atoms. The SMILES string of the molecule is CCCC1CCC(C2CCC(OC=O)CC2)CC1. The Hall–Kier alpha value is -0.530. The van der Waals surface area contributed by atoms with Crippen molar-refractivity contribution in [1.82, 2.24) is 0 Å². The van der Waals surface area contributed by atoms with Crippen LogP contribution in [0.3, 0.4) is 0 Å². The van der Waals surface area contributed by atoms with Gasteiger partial charge in [0.1, 0.15) is 6.10 Å². The zero-order chi connectivity index (χ0) is 12.8. The predicted octanol–water partition coefficient (Wildman–Crippen LogP) is 4.32. The smallest absolute Gasteiger partial charge is 0.293 e. The molecule has 0 aromatic rings. The van der Waals surface area contributed by atoms with E-state index in [9.17, 15) is 4.79 Å². The third-order valence-electron chi connectivity index (χ3n) is 5.22. The maximum absolute atomic E-state index is 10.3. The van der Waals surface area contributed by atoms with E-state index in [1.165, 1.54) is 51.4 Å². The van der Waals surface area contributed by atoms with Gasteiger partial charge in [0.25, 0.3) is 6.47 Å². The Bertz CT molecular complexity index is 235. The first-order valence-electron chi connectivity index (χ1n) is 7.92. The van der Waals surface area contributed by atoms with Crippen molar-refractivity contribution in [1.29, 1.82) is 0 Å². The molecule has 2 aliphatic carbocycles. The quantitative estimate of drug-likeness (QED) is 0.681. The summed E-state index contributed by atoms with van der Waals surface area (Å²) in [6, 6.07) is 0. The van der Waals surface area contributed by atoms with Gasteiger partial charge in [-0.15, -0.1) is 0 Å². The molecule has 0 aromatic carbocycles. The summed E-state index contributed by atoms with van der Waals surface area (Å²) in [6.07, 6.45) is 13.6. The Labute approximate surface area is 111 Å². The van der Waals surface area contributed by atoms with Gasteiger partial charge < -0.3 is 4.74 Å². The lowest BCUT2D eigenvalue weighted by Crippen LogP contribution is -2.28. The summed E-state index contributed by atoms with van der Waals surface area (Å²) >= 11 is 0. The Morgan fingerprint density at radius 1 is 0.944 bits per heavy atom. The summed E-state index contributed by atoms with van der Waals surface area (Å²) in [5, 5.41) is 0. The van der Waals surface area contributed by atoms with Gasteiger partial charge in [0.15, 0.2) is 0 Å². The van der Waals surface area contributed by atoms with Crippen LogP contribution in [0.2, 0.25) is 0 Å². The molecule has 2 saturated carbocycles. The van der Waals surface area contributed by atoms with E-state index in [1.54, 1.807) is 0 Å². The highest BCUT2D eigenvalue weighted by Gasteiger charge is 2.30. The fraction of sp³-hybridized carbons (Fsp3) is 0.938. The second kappa shape index (κ2) is 7.16. The zero-order valence-corrected chi connectivity index (χ0v) is 11.8. The van der Waals surface area contributed by atoms with Gasteiger partial charge in [-0.05, 0) is 56.3 Å². The monoisotopic (exact) mass is 252 g/mol. The molecule has 0 saturated heterocycles. The number of ether oxygens (including phenoxy) is 1. The molecule has 0 N–H and O–H groups in total. The van der Waals surface area contributed by atoms with Crippen molar-refractivity contribution in [3.05, 3.63) is 0 Å². The molecular weight excluding hydrogens is 224 g/mol. The summed E-state index contributed by atoms with van der Waals surface area (Å²) in [6.45, 7) is 2.93. The van der Waals surface area contributed by atoms with Crippen molar-refractivity contribution in [2.24, 2.45) is 17.8 Å². The van der Waals surface area contributed by atoms with Gasteiger partial charge >= 0.3 is 0 Å². The first-order valence-corrected chi connectivity index (χ1v) is 7.92. The summed E-state index contributed by atoms with van der Waals surface area (Å²) in [5.74, 6) is 2.90. The minimum absolute atomic E-state index is 0.218. The number of carbonyl (C=O) groups excluding carboxylic acids is 1. The highest BCUT2D eigenvalue weighted by molar-refractivity contribution is 5.37. The topological polar surface area (TPSA) is 26.3 Å². The number of carbonyl (C=O) groups is 1. The zero-order valence-electron chi connectivity index (χ0n) is 11.8. The van der Waals surface area contributed by atoms with E-state index < -0.39 is 0 Å². The highest BCUT2D eigenvalue weighted by atomic mass is 16.5. The molecule has 18 heavy (non-hydrogen) atoms. The Morgan fingerprint density at radius 3 is 2.00 bits per heavy atom. The minimum Gasteiger partial charge on any atom is -0.465 e. The van der Waals surface area contributed by atoms with E-state index in [0.717, 1.165) is 30.6 Å². The van der Waals surface area contributed by atoms with Crippen LogP contribution in [0, 0.1) is 17.8 Å². The molecule has 0 spiro atoms. The first kappa shape index (κ1) is 13.9. The van der Waals surface area contributed by atoms with Crippen LogP contribution in [0.1, 0.15) is 71.1 Å². The fourth-order valence-corrected chi connectivity index (χ4v) is 4.13. The second-order valence-electron chi connectivity index (χ2n) is 6.34. The third-order valence-corrected chi connectivity index (χ3v) is 5.22. The molecule has 0 aliphatic heterocycles. The molecule has 104 valence electrons. The number of hydrogen-bond donors (Lipinski definition) is 0. The van der Waals surface area contributed by atoms with Crippen molar-refractivity contribution >= 4 is 6.47 Å².